The van der Waals surface area contributed by atoms with Crippen LogP contribution in [0.2, 0.25) is 0 Å². The lowest BCUT2D eigenvalue weighted by atomic mass is 10.1. The van der Waals surface area contributed by atoms with Crippen LogP contribution in [0.25, 0.3) is 0 Å². The molecule has 0 N–H and O–H groups in total. The zero-order chi connectivity index (χ0) is 13.0. The topological polar surface area (TPSA) is 44.9 Å². The zero-order valence-corrected chi connectivity index (χ0v) is 8.67. The Hall–Kier alpha value is -0.160. The first kappa shape index (κ1) is 7.17. The molecule has 0 saturated carbocycles. The summed E-state index contributed by atoms with van der Waals surface area (Å²) in [5, 5.41) is 11.4. The highest BCUT2D eigenvalue weighted by Gasteiger charge is 2.49. The molecule has 1 heterocycles. The van der Waals surface area contributed by atoms with Gasteiger partial charge in [0, 0.05) is 0 Å². The van der Waals surface area contributed by atoms with Crippen LogP contribution >= 0.6 is 0 Å². The van der Waals surface area contributed by atoms with Crippen molar-refractivity contribution in [2.45, 2.75) is 51.9 Å². The second-order valence-electron chi connectivity index (χ2n) is 4.51. The van der Waals surface area contributed by atoms with Gasteiger partial charge in [0.15, 0.2) is 0 Å². The molecule has 0 aliphatic carbocycles. The Balaban J connectivity index is 2.80. The lowest BCUT2D eigenvalue weighted by Crippen LogP contribution is -2.34. The maximum Gasteiger partial charge on any atom is 0.104 e. The van der Waals surface area contributed by atoms with Crippen molar-refractivity contribution in [1.82, 2.24) is 5.23 Å². The van der Waals surface area contributed by atoms with Crippen LogP contribution in [-0.2, 0) is 14.8 Å². The quantitative estimate of drug-likeness (QED) is 0.502. The third-order valence-electron chi connectivity index (χ3n) is 1.41. The summed E-state index contributed by atoms with van der Waals surface area (Å²) >= 11 is 0. The highest BCUT2D eigenvalue weighted by molar-refractivity contribution is 4.95. The third-order valence-corrected chi connectivity index (χ3v) is 1.41. The van der Waals surface area contributed by atoms with Crippen molar-refractivity contribution in [1.29, 1.82) is 0 Å². The Labute approximate surface area is 83.6 Å². The second kappa shape index (κ2) is 3.20. The first-order chi connectivity index (χ1) is 6.83. The number of ether oxygens (including phenoxy) is 1. The van der Waals surface area contributed by atoms with Gasteiger partial charge in [-0.1, -0.05) is 5.21 Å². The Morgan fingerprint density at radius 3 is 2.46 bits per heavy atom. The van der Waals surface area contributed by atoms with E-state index in [0.717, 1.165) is 0 Å². The summed E-state index contributed by atoms with van der Waals surface area (Å²) in [6, 6.07) is 0. The SMILES string of the molecule is [2H]C([2H])(N([O])OC(C)(C)C)C1([2H])OC1(C)C. The average Bonchev–Trinajstić information content (AvgIpc) is 2.49. The summed E-state index contributed by atoms with van der Waals surface area (Å²) in [6.07, 6.45) is -1.90. The van der Waals surface area contributed by atoms with Crippen molar-refractivity contribution < 1.29 is 18.9 Å². The second-order valence-corrected chi connectivity index (χ2v) is 4.51. The van der Waals surface area contributed by atoms with Crippen molar-refractivity contribution in [3.05, 3.63) is 0 Å². The van der Waals surface area contributed by atoms with E-state index in [0.29, 0.717) is 0 Å². The molecule has 1 radical (unpaired) electrons. The Morgan fingerprint density at radius 2 is 2.15 bits per heavy atom. The molecule has 1 aliphatic rings. The standard InChI is InChI=1S/C9H18NO3/c1-8(2,3)13-10(11)6-7-9(4,5)12-7/h7H,6H2,1-5H3/i6D2,7D. The average molecular weight is 191 g/mol. The van der Waals surface area contributed by atoms with Crippen LogP contribution in [0.4, 0.5) is 0 Å². The fraction of sp³-hybridized carbons (Fsp3) is 1.00. The largest absolute Gasteiger partial charge is 0.365 e. The maximum atomic E-state index is 11.6. The molecule has 0 aromatic heterocycles. The normalized spacial score (nSPS) is 36.7. The summed E-state index contributed by atoms with van der Waals surface area (Å²) in [4.78, 5) is 4.87. The van der Waals surface area contributed by atoms with E-state index < -0.39 is 23.8 Å². The monoisotopic (exact) mass is 191 g/mol. The van der Waals surface area contributed by atoms with Crippen molar-refractivity contribution in [2.75, 3.05) is 6.50 Å². The van der Waals surface area contributed by atoms with Gasteiger partial charge in [0.25, 0.3) is 0 Å². The minimum absolute atomic E-state index is 0.172. The number of epoxide rings is 1. The molecule has 0 amide bonds. The highest BCUT2D eigenvalue weighted by Crippen LogP contribution is 2.35. The van der Waals surface area contributed by atoms with Gasteiger partial charge in [-0.05, 0) is 39.8 Å². The van der Waals surface area contributed by atoms with E-state index in [4.69, 9.17) is 13.7 Å². The fourth-order valence-corrected chi connectivity index (χ4v) is 0.742. The van der Waals surface area contributed by atoms with Gasteiger partial charge in [-0.25, -0.2) is 0 Å². The summed E-state index contributed by atoms with van der Waals surface area (Å²) in [5.41, 5.74) is -1.80. The number of nitrogens with zero attached hydrogens (tertiary/aromatic N) is 1. The first-order valence-corrected chi connectivity index (χ1v) is 4.20. The van der Waals surface area contributed by atoms with Crippen LogP contribution in [0.5, 0.6) is 0 Å². The molecule has 0 aromatic rings. The van der Waals surface area contributed by atoms with Crippen molar-refractivity contribution in [3.8, 4) is 0 Å². The van der Waals surface area contributed by atoms with Gasteiger partial charge in [-0.15, -0.1) is 0 Å². The van der Waals surface area contributed by atoms with Crippen molar-refractivity contribution >= 4 is 0 Å². The third kappa shape index (κ3) is 3.60. The van der Waals surface area contributed by atoms with E-state index >= 15 is 0 Å². The summed E-state index contributed by atoms with van der Waals surface area (Å²) < 4.78 is 28.0. The van der Waals surface area contributed by atoms with Crippen molar-refractivity contribution in [3.63, 3.8) is 0 Å². The summed E-state index contributed by atoms with van der Waals surface area (Å²) in [5.74, 6) is 0. The molecule has 1 unspecified atom stereocenters. The zero-order valence-electron chi connectivity index (χ0n) is 11.7. The molecule has 1 fully saturated rings. The molecule has 1 rings (SSSR count). The van der Waals surface area contributed by atoms with E-state index in [2.05, 4.69) is 0 Å². The molecule has 4 heteroatoms. The molecule has 1 saturated heterocycles. The molecule has 77 valence electrons. The van der Waals surface area contributed by atoms with Crippen LogP contribution in [0, 0.1) is 0 Å². The van der Waals surface area contributed by atoms with Crippen LogP contribution in [0.3, 0.4) is 0 Å². The molecule has 0 spiro atoms. The Kier molecular flexibility index (Phi) is 1.77. The summed E-state index contributed by atoms with van der Waals surface area (Å²) in [7, 11) is 0. The van der Waals surface area contributed by atoms with Crippen molar-refractivity contribution in [2.24, 2.45) is 0 Å². The van der Waals surface area contributed by atoms with Gasteiger partial charge in [0.1, 0.15) is 6.08 Å². The van der Waals surface area contributed by atoms with Crippen LogP contribution < -0.4 is 0 Å². The molecular weight excluding hydrogens is 170 g/mol. The maximum absolute atomic E-state index is 11.6. The Bertz CT molecular complexity index is 290. The first-order valence-electron chi connectivity index (χ1n) is 5.70. The highest BCUT2D eigenvalue weighted by atomic mass is 16.9. The smallest absolute Gasteiger partial charge is 0.104 e. The van der Waals surface area contributed by atoms with E-state index in [1.54, 1.807) is 34.6 Å². The Morgan fingerprint density at radius 1 is 1.69 bits per heavy atom. The molecule has 1 aliphatic heterocycles. The molecule has 4 nitrogen and oxygen atoms in total. The predicted octanol–water partition coefficient (Wildman–Crippen LogP) is 1.54. The van der Waals surface area contributed by atoms with E-state index in [9.17, 15) is 5.21 Å². The van der Waals surface area contributed by atoms with Gasteiger partial charge in [0.2, 0.25) is 0 Å². The van der Waals surface area contributed by atoms with Crippen LogP contribution in [0.1, 0.15) is 38.7 Å². The van der Waals surface area contributed by atoms with Gasteiger partial charge in [0.05, 0.1) is 21.8 Å². The number of hydrogen-bond donors (Lipinski definition) is 0. The van der Waals surface area contributed by atoms with Gasteiger partial charge >= 0.3 is 0 Å². The van der Waals surface area contributed by atoms with Gasteiger partial charge in [-0.3, -0.25) is 4.84 Å². The number of rotatable bonds is 3. The van der Waals surface area contributed by atoms with Gasteiger partial charge in [-0.2, -0.15) is 0 Å². The van der Waals surface area contributed by atoms with Gasteiger partial charge < -0.3 is 4.74 Å². The lowest BCUT2D eigenvalue weighted by Gasteiger charge is -2.22. The molecule has 0 aromatic carbocycles. The molecular formula is C9H18NO3. The molecule has 0 bridgehead atoms. The number of hydroxylamine groups is 2. The minimum Gasteiger partial charge on any atom is -0.365 e. The number of hydrogen-bond acceptors (Lipinski definition) is 3. The van der Waals surface area contributed by atoms with E-state index in [1.165, 1.54) is 0 Å². The van der Waals surface area contributed by atoms with E-state index in [-0.39, 0.29) is 5.23 Å². The molecule has 1 atom stereocenters. The van der Waals surface area contributed by atoms with Crippen LogP contribution in [0.15, 0.2) is 0 Å². The van der Waals surface area contributed by atoms with Crippen LogP contribution in [-0.4, -0.2) is 29.0 Å². The van der Waals surface area contributed by atoms with E-state index in [1.807, 2.05) is 0 Å². The summed E-state index contributed by atoms with van der Waals surface area (Å²) in [6.45, 7) is 5.45. The minimum atomic E-state index is -2.55. The predicted molar refractivity (Wildman–Crippen MR) is 47.2 cm³/mol. The lowest BCUT2D eigenvalue weighted by molar-refractivity contribution is -0.411. The molecule has 13 heavy (non-hydrogen) atoms. The fourth-order valence-electron chi connectivity index (χ4n) is 0.742.